The number of rotatable bonds is 3. The minimum atomic E-state index is -0.381. The number of nitrogens with zero attached hydrogens (tertiary/aromatic N) is 2. The van der Waals surface area contributed by atoms with Crippen LogP contribution < -0.4 is 5.32 Å². The molecule has 2 heterocycles. The molecule has 0 radical (unpaired) electrons. The average molecular weight is 389 g/mol. The molecule has 25 heavy (non-hydrogen) atoms. The lowest BCUT2D eigenvalue weighted by Gasteiger charge is -1.99. The number of fused-ring (bicyclic) bond motifs is 1. The summed E-state index contributed by atoms with van der Waals surface area (Å²) >= 11 is 13.6. The Morgan fingerprint density at radius 1 is 1.08 bits per heavy atom. The van der Waals surface area contributed by atoms with Gasteiger partial charge < -0.3 is 4.98 Å². The molecule has 4 aromatic rings. The van der Waals surface area contributed by atoms with E-state index in [2.05, 4.69) is 20.5 Å². The fraction of sp³-hybridized carbons (Fsp3) is 0. The zero-order valence-corrected chi connectivity index (χ0v) is 14.9. The highest BCUT2D eigenvalue weighted by molar-refractivity contribution is 7.18. The Kier molecular flexibility index (Phi) is 4.17. The predicted molar refractivity (Wildman–Crippen MR) is 102 cm³/mol. The van der Waals surface area contributed by atoms with Gasteiger partial charge in [-0.2, -0.15) is 0 Å². The van der Waals surface area contributed by atoms with Crippen LogP contribution in [0.3, 0.4) is 0 Å². The summed E-state index contributed by atoms with van der Waals surface area (Å²) in [5.41, 5.74) is 1.94. The van der Waals surface area contributed by atoms with Crippen LogP contribution in [0.25, 0.3) is 21.5 Å². The van der Waals surface area contributed by atoms with Gasteiger partial charge in [0.1, 0.15) is 10.7 Å². The highest BCUT2D eigenvalue weighted by Crippen LogP contribution is 2.31. The number of benzene rings is 2. The molecule has 5 nitrogen and oxygen atoms in total. The number of aromatic nitrogens is 3. The molecule has 4 rings (SSSR count). The topological polar surface area (TPSA) is 70.7 Å². The first kappa shape index (κ1) is 16.1. The maximum absolute atomic E-state index is 12.5. The lowest BCUT2D eigenvalue weighted by Crippen LogP contribution is -2.12. The smallest absolute Gasteiger partial charge is 0.275 e. The maximum Gasteiger partial charge on any atom is 0.275 e. The van der Waals surface area contributed by atoms with Gasteiger partial charge in [-0.05, 0) is 18.2 Å². The second-order valence-corrected chi connectivity index (χ2v) is 7.03. The van der Waals surface area contributed by atoms with E-state index >= 15 is 0 Å². The standard InChI is InChI=1S/C17H10Cl2N4OS/c18-10-6-7-12-11(8-10)13(19)14(20-12)15(24)21-17-23-22-16(25-17)9-4-2-1-3-5-9/h1-8,20H,(H,21,23,24). The van der Waals surface area contributed by atoms with Gasteiger partial charge in [-0.1, -0.05) is 64.9 Å². The Bertz CT molecular complexity index is 1070. The molecule has 0 bridgehead atoms. The summed E-state index contributed by atoms with van der Waals surface area (Å²) in [7, 11) is 0. The summed E-state index contributed by atoms with van der Waals surface area (Å²) in [4.78, 5) is 15.5. The molecule has 0 aliphatic rings. The van der Waals surface area contributed by atoms with Crippen LogP contribution in [0.5, 0.6) is 0 Å². The van der Waals surface area contributed by atoms with E-state index in [1.807, 2.05) is 30.3 Å². The van der Waals surface area contributed by atoms with Gasteiger partial charge in [0.05, 0.1) is 5.02 Å². The zero-order chi connectivity index (χ0) is 17.4. The van der Waals surface area contributed by atoms with Crippen LogP contribution in [-0.4, -0.2) is 21.1 Å². The molecule has 0 unspecified atom stereocenters. The number of H-pyrrole nitrogens is 1. The van der Waals surface area contributed by atoms with E-state index in [9.17, 15) is 4.79 Å². The van der Waals surface area contributed by atoms with Gasteiger partial charge in [0.2, 0.25) is 5.13 Å². The molecule has 0 aliphatic carbocycles. The van der Waals surface area contributed by atoms with E-state index in [1.54, 1.807) is 18.2 Å². The van der Waals surface area contributed by atoms with Crippen molar-refractivity contribution in [3.63, 3.8) is 0 Å². The van der Waals surface area contributed by atoms with Gasteiger partial charge in [-0.15, -0.1) is 10.2 Å². The summed E-state index contributed by atoms with van der Waals surface area (Å²) in [6.07, 6.45) is 0. The third kappa shape index (κ3) is 3.11. The number of hydrogen-bond donors (Lipinski definition) is 2. The SMILES string of the molecule is O=C(Nc1nnc(-c2ccccc2)s1)c1[nH]c2ccc(Cl)cc2c1Cl. The van der Waals surface area contributed by atoms with Crippen LogP contribution in [0.2, 0.25) is 10.0 Å². The third-order valence-electron chi connectivity index (χ3n) is 3.59. The normalized spacial score (nSPS) is 11.0. The largest absolute Gasteiger partial charge is 0.349 e. The van der Waals surface area contributed by atoms with Gasteiger partial charge in [0.25, 0.3) is 5.91 Å². The quantitative estimate of drug-likeness (QED) is 0.503. The molecule has 2 N–H and O–H groups in total. The Morgan fingerprint density at radius 3 is 2.68 bits per heavy atom. The Balaban J connectivity index is 1.61. The van der Waals surface area contributed by atoms with Crippen LogP contribution in [-0.2, 0) is 0 Å². The Hall–Kier alpha value is -2.41. The lowest BCUT2D eigenvalue weighted by molar-refractivity contribution is 0.102. The van der Waals surface area contributed by atoms with Gasteiger partial charge in [-0.3, -0.25) is 10.1 Å². The van der Waals surface area contributed by atoms with Crippen molar-refractivity contribution in [2.75, 3.05) is 5.32 Å². The van der Waals surface area contributed by atoms with E-state index in [4.69, 9.17) is 23.2 Å². The minimum absolute atomic E-state index is 0.260. The molecular formula is C17H10Cl2N4OS. The molecule has 0 spiro atoms. The minimum Gasteiger partial charge on any atom is -0.349 e. The first-order valence-electron chi connectivity index (χ1n) is 7.29. The number of halogens is 2. The van der Waals surface area contributed by atoms with Crippen LogP contribution in [0.4, 0.5) is 5.13 Å². The average Bonchev–Trinajstić information content (AvgIpc) is 3.21. The second kappa shape index (κ2) is 6.48. The van der Waals surface area contributed by atoms with Crippen molar-refractivity contribution in [2.45, 2.75) is 0 Å². The molecule has 0 saturated carbocycles. The number of hydrogen-bond acceptors (Lipinski definition) is 4. The number of carbonyl (C=O) groups is 1. The van der Waals surface area contributed by atoms with E-state index < -0.39 is 0 Å². The monoisotopic (exact) mass is 388 g/mol. The van der Waals surface area contributed by atoms with Gasteiger partial charge in [0.15, 0.2) is 0 Å². The van der Waals surface area contributed by atoms with Gasteiger partial charge in [-0.25, -0.2) is 0 Å². The molecule has 8 heteroatoms. The number of amides is 1. The zero-order valence-electron chi connectivity index (χ0n) is 12.6. The highest BCUT2D eigenvalue weighted by atomic mass is 35.5. The number of carbonyl (C=O) groups excluding carboxylic acids is 1. The molecule has 2 aromatic carbocycles. The summed E-state index contributed by atoms with van der Waals surface area (Å²) in [5.74, 6) is -0.381. The number of anilines is 1. The Morgan fingerprint density at radius 2 is 1.88 bits per heavy atom. The first-order chi connectivity index (χ1) is 12.1. The second-order valence-electron chi connectivity index (χ2n) is 5.24. The van der Waals surface area contributed by atoms with Crippen molar-refractivity contribution in [1.82, 2.24) is 15.2 Å². The first-order valence-corrected chi connectivity index (χ1v) is 8.86. The summed E-state index contributed by atoms with van der Waals surface area (Å²) in [6, 6.07) is 14.9. The molecule has 124 valence electrons. The molecule has 0 fully saturated rings. The lowest BCUT2D eigenvalue weighted by atomic mass is 10.2. The van der Waals surface area contributed by atoms with Crippen molar-refractivity contribution < 1.29 is 4.79 Å². The predicted octanol–water partition coefficient (Wildman–Crippen LogP) is 5.25. The number of nitrogens with one attached hydrogen (secondary N) is 2. The van der Waals surface area contributed by atoms with Crippen LogP contribution in [0.1, 0.15) is 10.5 Å². The fourth-order valence-corrected chi connectivity index (χ4v) is 3.62. The van der Waals surface area contributed by atoms with Crippen molar-refractivity contribution in [3.05, 3.63) is 64.3 Å². The van der Waals surface area contributed by atoms with Crippen LogP contribution in [0.15, 0.2) is 48.5 Å². The summed E-state index contributed by atoms with van der Waals surface area (Å²) < 4.78 is 0. The van der Waals surface area contributed by atoms with Gasteiger partial charge >= 0.3 is 0 Å². The molecule has 2 aromatic heterocycles. The number of aromatic amines is 1. The molecule has 0 atom stereocenters. The van der Waals surface area contributed by atoms with Crippen molar-refractivity contribution in [2.24, 2.45) is 0 Å². The van der Waals surface area contributed by atoms with E-state index in [-0.39, 0.29) is 11.6 Å². The maximum atomic E-state index is 12.5. The third-order valence-corrected chi connectivity index (χ3v) is 5.11. The van der Waals surface area contributed by atoms with Gasteiger partial charge in [0, 0.05) is 21.5 Å². The van der Waals surface area contributed by atoms with Crippen LogP contribution >= 0.6 is 34.5 Å². The van der Waals surface area contributed by atoms with E-state index in [0.29, 0.717) is 20.6 Å². The van der Waals surface area contributed by atoms with Crippen LogP contribution in [0, 0.1) is 0 Å². The highest BCUT2D eigenvalue weighted by Gasteiger charge is 2.18. The summed E-state index contributed by atoms with van der Waals surface area (Å²) in [5, 5.41) is 13.5. The Labute approximate surface area is 156 Å². The van der Waals surface area contributed by atoms with Crippen molar-refractivity contribution in [1.29, 1.82) is 0 Å². The molecule has 0 aliphatic heterocycles. The summed E-state index contributed by atoms with van der Waals surface area (Å²) in [6.45, 7) is 0. The van der Waals surface area contributed by atoms with E-state index in [0.717, 1.165) is 16.1 Å². The van der Waals surface area contributed by atoms with E-state index in [1.165, 1.54) is 11.3 Å². The molecular weight excluding hydrogens is 379 g/mol. The van der Waals surface area contributed by atoms with Crippen molar-refractivity contribution in [3.8, 4) is 10.6 Å². The fourth-order valence-electron chi connectivity index (χ4n) is 2.42. The van der Waals surface area contributed by atoms with Crippen molar-refractivity contribution >= 4 is 56.5 Å². The molecule has 1 amide bonds. The molecule has 0 saturated heterocycles.